The van der Waals surface area contributed by atoms with Crippen molar-refractivity contribution >= 4 is 5.91 Å². The number of ether oxygens (including phenoxy) is 2. The van der Waals surface area contributed by atoms with Gasteiger partial charge in [-0.25, -0.2) is 0 Å². The highest BCUT2D eigenvalue weighted by Gasteiger charge is 2.44. The van der Waals surface area contributed by atoms with Crippen molar-refractivity contribution in [1.29, 1.82) is 0 Å². The molecule has 0 atom stereocenters. The molecule has 0 aliphatic heterocycles. The fraction of sp³-hybridized carbons (Fsp3) is 0.350. The largest absolute Gasteiger partial charge is 0.493 e. The van der Waals surface area contributed by atoms with E-state index in [1.54, 1.807) is 14.2 Å². The molecule has 0 radical (unpaired) electrons. The van der Waals surface area contributed by atoms with Gasteiger partial charge in [0, 0.05) is 17.5 Å². The second-order valence-corrected chi connectivity index (χ2v) is 6.35. The lowest BCUT2D eigenvalue weighted by molar-refractivity contribution is 0.0949. The second-order valence-electron chi connectivity index (χ2n) is 6.35. The first kappa shape index (κ1) is 16.4. The van der Waals surface area contributed by atoms with Crippen LogP contribution in [0.25, 0.3) is 0 Å². The molecule has 0 bridgehead atoms. The average molecular weight is 325 g/mol. The molecule has 2 aromatic carbocycles. The molecule has 4 nitrogen and oxygen atoms in total. The average Bonchev–Trinajstić information content (AvgIpc) is 3.40. The molecule has 0 saturated heterocycles. The topological polar surface area (TPSA) is 47.6 Å². The van der Waals surface area contributed by atoms with Crippen LogP contribution in [0, 0.1) is 6.92 Å². The van der Waals surface area contributed by atoms with E-state index < -0.39 is 0 Å². The van der Waals surface area contributed by atoms with Crippen LogP contribution in [0.2, 0.25) is 0 Å². The molecule has 0 unspecified atom stereocenters. The first-order valence-electron chi connectivity index (χ1n) is 8.16. The predicted molar refractivity (Wildman–Crippen MR) is 94.0 cm³/mol. The van der Waals surface area contributed by atoms with Crippen LogP contribution in [0.3, 0.4) is 0 Å². The van der Waals surface area contributed by atoms with Gasteiger partial charge in [0.15, 0.2) is 11.5 Å². The molecule has 24 heavy (non-hydrogen) atoms. The summed E-state index contributed by atoms with van der Waals surface area (Å²) in [5.41, 5.74) is 2.93. The van der Waals surface area contributed by atoms with E-state index >= 15 is 0 Å². The van der Waals surface area contributed by atoms with Gasteiger partial charge in [-0.2, -0.15) is 0 Å². The lowest BCUT2D eigenvalue weighted by Gasteiger charge is -2.19. The molecule has 1 saturated carbocycles. The van der Waals surface area contributed by atoms with Gasteiger partial charge in [0.2, 0.25) is 0 Å². The normalized spacial score (nSPS) is 14.8. The maximum atomic E-state index is 12.4. The van der Waals surface area contributed by atoms with Crippen LogP contribution < -0.4 is 14.8 Å². The molecule has 0 spiro atoms. The number of rotatable bonds is 6. The number of amides is 1. The summed E-state index contributed by atoms with van der Waals surface area (Å²) in [5.74, 6) is 1.44. The van der Waals surface area contributed by atoms with E-state index in [0.717, 1.165) is 35.5 Å². The Bertz CT molecular complexity index is 750. The molecule has 1 fully saturated rings. The third kappa shape index (κ3) is 3.09. The van der Waals surface area contributed by atoms with E-state index in [4.69, 9.17) is 9.47 Å². The van der Waals surface area contributed by atoms with Crippen LogP contribution in [-0.4, -0.2) is 26.7 Å². The summed E-state index contributed by atoms with van der Waals surface area (Å²) in [6.07, 6.45) is 2.13. The van der Waals surface area contributed by atoms with Gasteiger partial charge in [-0.15, -0.1) is 0 Å². The number of carbonyl (C=O) groups excluding carboxylic acids is 1. The van der Waals surface area contributed by atoms with Crippen molar-refractivity contribution < 1.29 is 14.3 Å². The van der Waals surface area contributed by atoms with Crippen molar-refractivity contribution in [2.45, 2.75) is 25.2 Å². The van der Waals surface area contributed by atoms with E-state index in [1.165, 1.54) is 5.56 Å². The quantitative estimate of drug-likeness (QED) is 0.884. The fourth-order valence-electron chi connectivity index (χ4n) is 3.06. The van der Waals surface area contributed by atoms with Crippen molar-refractivity contribution in [3.8, 4) is 11.5 Å². The maximum Gasteiger partial charge on any atom is 0.251 e. The Kier molecular flexibility index (Phi) is 4.47. The number of hydrogen-bond acceptors (Lipinski definition) is 3. The first-order chi connectivity index (χ1) is 11.6. The minimum atomic E-state index is -0.0140. The zero-order valence-electron chi connectivity index (χ0n) is 14.4. The summed E-state index contributed by atoms with van der Waals surface area (Å²) in [6, 6.07) is 13.7. The molecule has 3 rings (SSSR count). The Morgan fingerprint density at radius 3 is 2.42 bits per heavy atom. The lowest BCUT2D eigenvalue weighted by Crippen LogP contribution is -2.32. The molecule has 2 aromatic rings. The van der Waals surface area contributed by atoms with Crippen molar-refractivity contribution in [1.82, 2.24) is 5.32 Å². The van der Waals surface area contributed by atoms with Gasteiger partial charge in [-0.05, 0) is 49.1 Å². The van der Waals surface area contributed by atoms with Crippen LogP contribution in [-0.2, 0) is 5.41 Å². The van der Waals surface area contributed by atoms with Crippen LogP contribution in [0.1, 0.15) is 34.3 Å². The van der Waals surface area contributed by atoms with Crippen molar-refractivity contribution in [2.24, 2.45) is 0 Å². The first-order valence-corrected chi connectivity index (χ1v) is 8.16. The Morgan fingerprint density at radius 1 is 1.08 bits per heavy atom. The number of hydrogen-bond donors (Lipinski definition) is 1. The van der Waals surface area contributed by atoms with E-state index in [9.17, 15) is 4.79 Å². The summed E-state index contributed by atoms with van der Waals surface area (Å²) in [4.78, 5) is 12.4. The molecule has 1 aliphatic rings. The summed E-state index contributed by atoms with van der Waals surface area (Å²) >= 11 is 0. The van der Waals surface area contributed by atoms with Gasteiger partial charge in [0.1, 0.15) is 0 Å². The summed E-state index contributed by atoms with van der Waals surface area (Å²) in [7, 11) is 3.27. The minimum Gasteiger partial charge on any atom is -0.493 e. The molecule has 4 heteroatoms. The lowest BCUT2D eigenvalue weighted by atomic mass is 9.95. The van der Waals surface area contributed by atoms with Gasteiger partial charge in [-0.1, -0.05) is 24.3 Å². The van der Waals surface area contributed by atoms with Gasteiger partial charge in [-0.3, -0.25) is 4.79 Å². The summed E-state index contributed by atoms with van der Waals surface area (Å²) in [5, 5.41) is 3.10. The highest BCUT2D eigenvalue weighted by atomic mass is 16.5. The third-order valence-corrected chi connectivity index (χ3v) is 4.83. The zero-order chi connectivity index (χ0) is 17.2. The van der Waals surface area contributed by atoms with Gasteiger partial charge in [0.05, 0.1) is 14.2 Å². The number of aryl methyl sites for hydroxylation is 1. The van der Waals surface area contributed by atoms with Crippen molar-refractivity contribution in [2.75, 3.05) is 20.8 Å². The zero-order valence-corrected chi connectivity index (χ0v) is 14.4. The van der Waals surface area contributed by atoms with Crippen molar-refractivity contribution in [3.63, 3.8) is 0 Å². The predicted octanol–water partition coefficient (Wildman–Crippen LogP) is 3.47. The second kappa shape index (κ2) is 6.56. The van der Waals surface area contributed by atoms with E-state index in [-0.39, 0.29) is 11.3 Å². The summed E-state index contributed by atoms with van der Waals surface area (Å²) < 4.78 is 10.7. The molecular formula is C20H23NO3. The molecular weight excluding hydrogens is 302 g/mol. The Labute approximate surface area is 142 Å². The number of benzene rings is 2. The number of carbonyl (C=O) groups is 1. The molecule has 1 N–H and O–H groups in total. The number of nitrogens with one attached hydrogen (secondary N) is 1. The van der Waals surface area contributed by atoms with Gasteiger partial charge in [0.25, 0.3) is 5.91 Å². The molecule has 1 aliphatic carbocycles. The Balaban J connectivity index is 1.73. The highest BCUT2D eigenvalue weighted by Crippen LogP contribution is 2.49. The Hall–Kier alpha value is -2.49. The monoisotopic (exact) mass is 325 g/mol. The third-order valence-electron chi connectivity index (χ3n) is 4.83. The SMILES string of the molecule is COc1ccc(C2(CNC(=O)c3ccccc3C)CC2)cc1OC. The fourth-order valence-corrected chi connectivity index (χ4v) is 3.06. The van der Waals surface area contributed by atoms with Gasteiger partial charge < -0.3 is 14.8 Å². The molecule has 0 aromatic heterocycles. The van der Waals surface area contributed by atoms with Crippen LogP contribution in [0.4, 0.5) is 0 Å². The highest BCUT2D eigenvalue weighted by molar-refractivity contribution is 5.95. The standard InChI is InChI=1S/C20H23NO3/c1-14-6-4-5-7-16(14)19(22)21-13-20(10-11-20)15-8-9-17(23-2)18(12-15)24-3/h4-9,12H,10-11,13H2,1-3H3,(H,21,22). The van der Waals surface area contributed by atoms with E-state index in [1.807, 2.05) is 43.3 Å². The molecule has 0 heterocycles. The summed E-state index contributed by atoms with van der Waals surface area (Å²) in [6.45, 7) is 2.59. The van der Waals surface area contributed by atoms with Gasteiger partial charge >= 0.3 is 0 Å². The van der Waals surface area contributed by atoms with E-state index in [0.29, 0.717) is 6.54 Å². The van der Waals surface area contributed by atoms with Crippen LogP contribution >= 0.6 is 0 Å². The smallest absolute Gasteiger partial charge is 0.251 e. The van der Waals surface area contributed by atoms with E-state index in [2.05, 4.69) is 11.4 Å². The minimum absolute atomic E-state index is 0.0118. The Morgan fingerprint density at radius 2 is 1.79 bits per heavy atom. The van der Waals surface area contributed by atoms with Crippen molar-refractivity contribution in [3.05, 3.63) is 59.2 Å². The number of methoxy groups -OCH3 is 2. The van der Waals surface area contributed by atoms with Crippen LogP contribution in [0.15, 0.2) is 42.5 Å². The van der Waals surface area contributed by atoms with Crippen LogP contribution in [0.5, 0.6) is 11.5 Å². The molecule has 1 amide bonds. The molecule has 126 valence electrons. The maximum absolute atomic E-state index is 12.4.